The summed E-state index contributed by atoms with van der Waals surface area (Å²) in [7, 11) is 0. The summed E-state index contributed by atoms with van der Waals surface area (Å²) < 4.78 is 18.5. The second kappa shape index (κ2) is 5.40. The first-order valence-electron chi connectivity index (χ1n) is 6.22. The molecule has 5 nitrogen and oxygen atoms in total. The number of amides is 1. The lowest BCUT2D eigenvalue weighted by molar-refractivity contribution is 0.0697. The lowest BCUT2D eigenvalue weighted by atomic mass is 10.1. The van der Waals surface area contributed by atoms with Gasteiger partial charge in [0.2, 0.25) is 0 Å². The Morgan fingerprint density at radius 2 is 1.86 bits per heavy atom. The van der Waals surface area contributed by atoms with Crippen molar-refractivity contribution in [2.45, 2.75) is 20.8 Å². The topological polar surface area (TPSA) is 79.5 Å². The number of aromatic carboxylic acids is 1. The minimum atomic E-state index is -1.32. The van der Waals surface area contributed by atoms with Gasteiger partial charge in [-0.15, -0.1) is 0 Å². The molecule has 0 spiro atoms. The first-order chi connectivity index (χ1) is 9.81. The van der Waals surface area contributed by atoms with Gasteiger partial charge in [0.25, 0.3) is 5.91 Å². The molecule has 21 heavy (non-hydrogen) atoms. The van der Waals surface area contributed by atoms with Gasteiger partial charge in [0.15, 0.2) is 0 Å². The maximum Gasteiger partial charge on any atom is 0.337 e. The molecule has 110 valence electrons. The lowest BCUT2D eigenvalue weighted by Gasteiger charge is -2.08. The SMILES string of the molecule is Cc1oc(C)c(C(=O)Nc2ccc(F)cc2C(=O)O)c1C. The summed E-state index contributed by atoms with van der Waals surface area (Å²) in [6.07, 6.45) is 0. The van der Waals surface area contributed by atoms with E-state index in [0.29, 0.717) is 22.6 Å². The molecule has 2 aromatic rings. The Labute approximate surface area is 120 Å². The van der Waals surface area contributed by atoms with E-state index in [4.69, 9.17) is 9.52 Å². The van der Waals surface area contributed by atoms with E-state index < -0.39 is 17.7 Å². The van der Waals surface area contributed by atoms with E-state index in [1.807, 2.05) is 0 Å². The minimum Gasteiger partial charge on any atom is -0.478 e. The highest BCUT2D eigenvalue weighted by Crippen LogP contribution is 2.23. The summed E-state index contributed by atoms with van der Waals surface area (Å²) in [6.45, 7) is 5.13. The second-order valence-corrected chi connectivity index (χ2v) is 4.66. The fourth-order valence-corrected chi connectivity index (χ4v) is 2.11. The van der Waals surface area contributed by atoms with Crippen molar-refractivity contribution in [2.75, 3.05) is 5.32 Å². The molecule has 1 aromatic heterocycles. The fraction of sp³-hybridized carbons (Fsp3) is 0.200. The van der Waals surface area contributed by atoms with Crippen molar-refractivity contribution in [1.29, 1.82) is 0 Å². The molecular weight excluding hydrogens is 277 g/mol. The van der Waals surface area contributed by atoms with Gasteiger partial charge in [-0.2, -0.15) is 0 Å². The zero-order chi connectivity index (χ0) is 15.7. The summed E-state index contributed by atoms with van der Waals surface area (Å²) in [5.74, 6) is -1.42. The van der Waals surface area contributed by atoms with Crippen LogP contribution in [0.25, 0.3) is 0 Å². The third-order valence-corrected chi connectivity index (χ3v) is 3.25. The van der Waals surface area contributed by atoms with Crippen LogP contribution < -0.4 is 5.32 Å². The van der Waals surface area contributed by atoms with Crippen LogP contribution in [-0.4, -0.2) is 17.0 Å². The van der Waals surface area contributed by atoms with Crippen molar-refractivity contribution in [2.24, 2.45) is 0 Å². The molecule has 2 N–H and O–H groups in total. The molecule has 6 heteroatoms. The standard InChI is InChI=1S/C15H14FNO4/c1-7-8(2)21-9(3)13(7)14(18)17-12-5-4-10(16)6-11(12)15(19)20/h4-6H,1-3H3,(H,17,18)(H,19,20). The molecule has 0 radical (unpaired) electrons. The number of hydrogen-bond acceptors (Lipinski definition) is 3. The monoisotopic (exact) mass is 291 g/mol. The molecule has 1 aromatic carbocycles. The van der Waals surface area contributed by atoms with Crippen LogP contribution in [0.15, 0.2) is 22.6 Å². The number of carboxylic acids is 1. The zero-order valence-corrected chi connectivity index (χ0v) is 11.8. The van der Waals surface area contributed by atoms with E-state index in [2.05, 4.69) is 5.32 Å². The number of nitrogens with one attached hydrogen (secondary N) is 1. The van der Waals surface area contributed by atoms with Crippen molar-refractivity contribution in [3.8, 4) is 0 Å². The van der Waals surface area contributed by atoms with Crippen molar-refractivity contribution in [3.63, 3.8) is 0 Å². The van der Waals surface area contributed by atoms with E-state index in [1.54, 1.807) is 20.8 Å². The number of hydrogen-bond donors (Lipinski definition) is 2. The molecule has 0 atom stereocenters. The van der Waals surface area contributed by atoms with Crippen LogP contribution >= 0.6 is 0 Å². The number of aryl methyl sites for hydroxylation is 2. The zero-order valence-electron chi connectivity index (χ0n) is 11.8. The Morgan fingerprint density at radius 3 is 2.38 bits per heavy atom. The van der Waals surface area contributed by atoms with Crippen molar-refractivity contribution in [3.05, 3.63) is 52.2 Å². The molecule has 0 saturated carbocycles. The fourth-order valence-electron chi connectivity index (χ4n) is 2.11. The van der Waals surface area contributed by atoms with Crippen LogP contribution in [0, 0.1) is 26.6 Å². The second-order valence-electron chi connectivity index (χ2n) is 4.66. The predicted octanol–water partition coefficient (Wildman–Crippen LogP) is 3.29. The van der Waals surface area contributed by atoms with Gasteiger partial charge in [-0.05, 0) is 39.0 Å². The third-order valence-electron chi connectivity index (χ3n) is 3.25. The maximum atomic E-state index is 13.1. The van der Waals surface area contributed by atoms with Gasteiger partial charge >= 0.3 is 5.97 Å². The largest absolute Gasteiger partial charge is 0.478 e. The molecule has 0 fully saturated rings. The van der Waals surface area contributed by atoms with E-state index in [-0.39, 0.29) is 11.3 Å². The van der Waals surface area contributed by atoms with Gasteiger partial charge in [-0.1, -0.05) is 0 Å². The number of carboxylic acid groups (broad SMARTS) is 1. The molecule has 2 rings (SSSR count). The van der Waals surface area contributed by atoms with E-state index >= 15 is 0 Å². The normalized spacial score (nSPS) is 10.5. The van der Waals surface area contributed by atoms with Gasteiger partial charge < -0.3 is 14.8 Å². The van der Waals surface area contributed by atoms with Crippen molar-refractivity contribution in [1.82, 2.24) is 0 Å². The Bertz CT molecular complexity index is 734. The molecule has 0 unspecified atom stereocenters. The maximum absolute atomic E-state index is 13.1. The Hall–Kier alpha value is -2.63. The van der Waals surface area contributed by atoms with Crippen LogP contribution in [0.4, 0.5) is 10.1 Å². The molecular formula is C15H14FNO4. The van der Waals surface area contributed by atoms with Gasteiger partial charge in [0, 0.05) is 5.56 Å². The first-order valence-corrected chi connectivity index (χ1v) is 6.22. The van der Waals surface area contributed by atoms with Crippen LogP contribution in [0.3, 0.4) is 0 Å². The summed E-state index contributed by atoms with van der Waals surface area (Å²) in [4.78, 5) is 23.4. The number of halogens is 1. The van der Waals surface area contributed by atoms with Crippen LogP contribution in [-0.2, 0) is 0 Å². The minimum absolute atomic E-state index is 0.0338. The molecule has 0 aliphatic carbocycles. The van der Waals surface area contributed by atoms with Gasteiger partial charge in [-0.25, -0.2) is 9.18 Å². The highest BCUT2D eigenvalue weighted by Gasteiger charge is 2.20. The molecule has 1 heterocycles. The predicted molar refractivity (Wildman–Crippen MR) is 74.2 cm³/mol. The third kappa shape index (κ3) is 2.79. The lowest BCUT2D eigenvalue weighted by Crippen LogP contribution is -2.16. The Morgan fingerprint density at radius 1 is 1.19 bits per heavy atom. The van der Waals surface area contributed by atoms with E-state index in [9.17, 15) is 14.0 Å². The highest BCUT2D eigenvalue weighted by molar-refractivity contribution is 6.09. The summed E-state index contributed by atoms with van der Waals surface area (Å²) >= 11 is 0. The van der Waals surface area contributed by atoms with Gasteiger partial charge in [0.1, 0.15) is 17.3 Å². The molecule has 0 saturated heterocycles. The van der Waals surface area contributed by atoms with Crippen LogP contribution in [0.1, 0.15) is 37.8 Å². The first kappa shape index (κ1) is 14.8. The molecule has 0 aliphatic rings. The van der Waals surface area contributed by atoms with Crippen molar-refractivity contribution < 1.29 is 23.5 Å². The Balaban J connectivity index is 2.38. The van der Waals surface area contributed by atoms with Crippen LogP contribution in [0.5, 0.6) is 0 Å². The average molecular weight is 291 g/mol. The number of rotatable bonds is 3. The number of furan rings is 1. The van der Waals surface area contributed by atoms with E-state index in [1.165, 1.54) is 6.07 Å². The van der Waals surface area contributed by atoms with Gasteiger partial charge in [-0.3, -0.25) is 4.79 Å². The summed E-state index contributed by atoms with van der Waals surface area (Å²) in [6, 6.07) is 3.16. The summed E-state index contributed by atoms with van der Waals surface area (Å²) in [5, 5.41) is 11.5. The summed E-state index contributed by atoms with van der Waals surface area (Å²) in [5.41, 5.74) is 0.766. The average Bonchev–Trinajstić information content (AvgIpc) is 2.65. The smallest absolute Gasteiger partial charge is 0.337 e. The van der Waals surface area contributed by atoms with Gasteiger partial charge in [0.05, 0.1) is 16.8 Å². The number of benzene rings is 1. The van der Waals surface area contributed by atoms with Crippen molar-refractivity contribution >= 4 is 17.6 Å². The molecule has 0 aliphatic heterocycles. The quantitative estimate of drug-likeness (QED) is 0.909. The molecule has 1 amide bonds. The number of carbonyl (C=O) groups excluding carboxylic acids is 1. The molecule has 0 bridgehead atoms. The highest BCUT2D eigenvalue weighted by atomic mass is 19.1. The van der Waals surface area contributed by atoms with E-state index in [0.717, 1.165) is 12.1 Å². The number of anilines is 1. The Kier molecular flexibility index (Phi) is 3.80. The van der Waals surface area contributed by atoms with Crippen LogP contribution in [0.2, 0.25) is 0 Å². The number of carbonyl (C=O) groups is 2.